The molecule has 0 spiro atoms. The van der Waals surface area contributed by atoms with Gasteiger partial charge in [0.2, 0.25) is 5.91 Å². The van der Waals surface area contributed by atoms with Crippen molar-refractivity contribution in [3.05, 3.63) is 29.3 Å². The maximum atomic E-state index is 12.3. The number of carbonyl (C=O) groups is 1. The van der Waals surface area contributed by atoms with Gasteiger partial charge in [-0.25, -0.2) is 4.99 Å². The first-order chi connectivity index (χ1) is 12.1. The van der Waals surface area contributed by atoms with Crippen LogP contribution in [0.1, 0.15) is 37.3 Å². The number of benzene rings is 1. The number of amides is 1. The van der Waals surface area contributed by atoms with Gasteiger partial charge in [-0.1, -0.05) is 12.1 Å². The molecule has 1 aromatic carbocycles. The number of hydrogen-bond donors (Lipinski definition) is 2. The number of carbonyl (C=O) groups excluding carboxylic acids is 1. The average molecular weight is 474 g/mol. The molecule has 0 radical (unpaired) electrons. The minimum Gasteiger partial charge on any atom is -0.496 e. The van der Waals surface area contributed by atoms with Gasteiger partial charge < -0.3 is 20.3 Å². The Morgan fingerprint density at radius 3 is 2.62 bits per heavy atom. The van der Waals surface area contributed by atoms with Gasteiger partial charge in [-0.2, -0.15) is 0 Å². The molecular formula is C19H31IN4O2. The summed E-state index contributed by atoms with van der Waals surface area (Å²) in [5.74, 6) is 1.62. The van der Waals surface area contributed by atoms with Gasteiger partial charge in [0.05, 0.1) is 20.2 Å². The van der Waals surface area contributed by atoms with Gasteiger partial charge in [0.1, 0.15) is 5.75 Å². The largest absolute Gasteiger partial charge is 0.496 e. The van der Waals surface area contributed by atoms with Gasteiger partial charge in [-0.3, -0.25) is 4.79 Å². The summed E-state index contributed by atoms with van der Waals surface area (Å²) in [5, 5.41) is 6.33. The van der Waals surface area contributed by atoms with Crippen LogP contribution in [0.3, 0.4) is 0 Å². The molecule has 0 unspecified atom stereocenters. The lowest BCUT2D eigenvalue weighted by Crippen LogP contribution is -2.46. The van der Waals surface area contributed by atoms with Crippen molar-refractivity contribution in [1.29, 1.82) is 0 Å². The maximum absolute atomic E-state index is 12.3. The van der Waals surface area contributed by atoms with E-state index in [9.17, 15) is 4.79 Å². The lowest BCUT2D eigenvalue weighted by molar-refractivity contribution is -0.130. The summed E-state index contributed by atoms with van der Waals surface area (Å²) in [7, 11) is 1.67. The van der Waals surface area contributed by atoms with Crippen LogP contribution in [0.4, 0.5) is 0 Å². The fraction of sp³-hybridized carbons (Fsp3) is 0.579. The minimum absolute atomic E-state index is 0. The molecule has 2 rings (SSSR count). The monoisotopic (exact) mass is 474 g/mol. The number of rotatable bonds is 6. The molecule has 1 aliphatic heterocycles. The minimum atomic E-state index is 0. The summed E-state index contributed by atoms with van der Waals surface area (Å²) in [5.41, 5.74) is 2.18. The third-order valence-corrected chi connectivity index (χ3v) is 4.31. The molecule has 1 fully saturated rings. The van der Waals surface area contributed by atoms with Crippen molar-refractivity contribution in [2.75, 3.05) is 33.3 Å². The van der Waals surface area contributed by atoms with Crippen LogP contribution in [0.2, 0.25) is 0 Å². The Labute approximate surface area is 173 Å². The van der Waals surface area contributed by atoms with E-state index in [2.05, 4.69) is 15.6 Å². The fourth-order valence-electron chi connectivity index (χ4n) is 2.90. The van der Waals surface area contributed by atoms with Crippen molar-refractivity contribution in [2.45, 2.75) is 39.7 Å². The van der Waals surface area contributed by atoms with Gasteiger partial charge in [0, 0.05) is 25.2 Å². The number of ether oxygens (including phenoxy) is 1. The number of halogens is 1. The molecule has 146 valence electrons. The Kier molecular flexibility index (Phi) is 10.4. The van der Waals surface area contributed by atoms with Crippen LogP contribution in [-0.2, 0) is 11.3 Å². The maximum Gasteiger partial charge on any atom is 0.241 e. The second kappa shape index (κ2) is 12.0. The lowest BCUT2D eigenvalue weighted by Gasteiger charge is -2.27. The highest BCUT2D eigenvalue weighted by molar-refractivity contribution is 14.0. The Morgan fingerprint density at radius 1 is 1.23 bits per heavy atom. The van der Waals surface area contributed by atoms with Gasteiger partial charge in [0.25, 0.3) is 0 Å². The predicted molar refractivity (Wildman–Crippen MR) is 116 cm³/mol. The van der Waals surface area contributed by atoms with Gasteiger partial charge in [-0.15, -0.1) is 24.0 Å². The molecule has 0 saturated carbocycles. The summed E-state index contributed by atoms with van der Waals surface area (Å²) >= 11 is 0. The summed E-state index contributed by atoms with van der Waals surface area (Å²) in [6.45, 7) is 7.30. The van der Waals surface area contributed by atoms with Crippen molar-refractivity contribution < 1.29 is 9.53 Å². The lowest BCUT2D eigenvalue weighted by atomic mass is 10.1. The molecule has 0 aliphatic carbocycles. The molecule has 1 saturated heterocycles. The van der Waals surface area contributed by atoms with Crippen LogP contribution in [0.25, 0.3) is 0 Å². The van der Waals surface area contributed by atoms with Crippen LogP contribution < -0.4 is 15.4 Å². The molecule has 0 aromatic heterocycles. The quantitative estimate of drug-likeness (QED) is 0.378. The Morgan fingerprint density at radius 2 is 1.96 bits per heavy atom. The van der Waals surface area contributed by atoms with Gasteiger partial charge in [-0.05, 0) is 44.7 Å². The SMILES string of the molecule is CCNC(=NCc1ccc(C)cc1OC)NCC(=O)N1CCCCC1.I. The van der Waals surface area contributed by atoms with E-state index in [-0.39, 0.29) is 36.4 Å². The third-order valence-electron chi connectivity index (χ3n) is 4.31. The highest BCUT2D eigenvalue weighted by Gasteiger charge is 2.16. The van der Waals surface area contributed by atoms with Crippen LogP contribution in [-0.4, -0.2) is 50.1 Å². The first-order valence-electron chi connectivity index (χ1n) is 9.07. The molecule has 6 nitrogen and oxygen atoms in total. The fourth-order valence-corrected chi connectivity index (χ4v) is 2.90. The Hall–Kier alpha value is -1.51. The number of methoxy groups -OCH3 is 1. The number of nitrogens with one attached hydrogen (secondary N) is 2. The van der Waals surface area contributed by atoms with E-state index in [1.807, 2.05) is 36.9 Å². The average Bonchev–Trinajstić information content (AvgIpc) is 2.65. The van der Waals surface area contributed by atoms with E-state index in [1.165, 1.54) is 6.42 Å². The van der Waals surface area contributed by atoms with Crippen molar-refractivity contribution in [2.24, 2.45) is 4.99 Å². The molecule has 1 aromatic rings. The third kappa shape index (κ3) is 7.01. The summed E-state index contributed by atoms with van der Waals surface area (Å²) in [6.07, 6.45) is 3.43. The molecule has 0 atom stereocenters. The van der Waals surface area contributed by atoms with E-state index in [0.29, 0.717) is 12.5 Å². The van der Waals surface area contributed by atoms with E-state index < -0.39 is 0 Å². The molecular weight excluding hydrogens is 443 g/mol. The molecule has 1 amide bonds. The van der Waals surface area contributed by atoms with Crippen LogP contribution in [0.15, 0.2) is 23.2 Å². The van der Waals surface area contributed by atoms with Crippen molar-refractivity contribution in [3.8, 4) is 5.75 Å². The number of likely N-dealkylation sites (tertiary alicyclic amines) is 1. The number of piperidine rings is 1. The van der Waals surface area contributed by atoms with E-state index in [0.717, 1.165) is 49.4 Å². The molecule has 0 bridgehead atoms. The molecule has 2 N–H and O–H groups in total. The molecule has 1 aliphatic rings. The zero-order valence-corrected chi connectivity index (χ0v) is 18.3. The first-order valence-corrected chi connectivity index (χ1v) is 9.07. The summed E-state index contributed by atoms with van der Waals surface area (Å²) in [4.78, 5) is 18.8. The normalized spacial score (nSPS) is 14.4. The van der Waals surface area contributed by atoms with Crippen LogP contribution >= 0.6 is 24.0 Å². The second-order valence-electron chi connectivity index (χ2n) is 6.31. The first kappa shape index (κ1) is 22.5. The van der Waals surface area contributed by atoms with Crippen molar-refractivity contribution >= 4 is 35.8 Å². The highest BCUT2D eigenvalue weighted by Crippen LogP contribution is 2.20. The smallest absolute Gasteiger partial charge is 0.241 e. The standard InChI is InChI=1S/C19H30N4O2.HI/c1-4-20-19(22-14-18(24)23-10-6-5-7-11-23)21-13-16-9-8-15(2)12-17(16)25-3;/h8-9,12H,4-7,10-11,13-14H2,1-3H3,(H2,20,21,22);1H. The molecule has 26 heavy (non-hydrogen) atoms. The number of aryl methyl sites for hydroxylation is 1. The van der Waals surface area contributed by atoms with E-state index in [1.54, 1.807) is 7.11 Å². The van der Waals surface area contributed by atoms with Crippen molar-refractivity contribution in [1.82, 2.24) is 15.5 Å². The zero-order chi connectivity index (χ0) is 18.1. The zero-order valence-electron chi connectivity index (χ0n) is 16.0. The van der Waals surface area contributed by atoms with Crippen LogP contribution in [0, 0.1) is 6.92 Å². The second-order valence-corrected chi connectivity index (χ2v) is 6.31. The van der Waals surface area contributed by atoms with E-state index in [4.69, 9.17) is 4.74 Å². The topological polar surface area (TPSA) is 66.0 Å². The predicted octanol–water partition coefficient (Wildman–Crippen LogP) is 2.69. The highest BCUT2D eigenvalue weighted by atomic mass is 127. The van der Waals surface area contributed by atoms with E-state index >= 15 is 0 Å². The number of hydrogen-bond acceptors (Lipinski definition) is 3. The van der Waals surface area contributed by atoms with Crippen molar-refractivity contribution in [3.63, 3.8) is 0 Å². The number of aliphatic imine (C=N–C) groups is 1. The molecule has 1 heterocycles. The summed E-state index contributed by atoms with van der Waals surface area (Å²) < 4.78 is 5.43. The van der Waals surface area contributed by atoms with Gasteiger partial charge in [0.15, 0.2) is 5.96 Å². The number of guanidine groups is 1. The Balaban J connectivity index is 0.00000338. The molecule has 7 heteroatoms. The van der Waals surface area contributed by atoms with Gasteiger partial charge >= 0.3 is 0 Å². The summed E-state index contributed by atoms with van der Waals surface area (Å²) in [6, 6.07) is 6.08. The number of nitrogens with zero attached hydrogens (tertiary/aromatic N) is 2. The van der Waals surface area contributed by atoms with Crippen LogP contribution in [0.5, 0.6) is 5.75 Å². The Bertz CT molecular complexity index is 601.